The second-order valence-corrected chi connectivity index (χ2v) is 7.00. The van der Waals surface area contributed by atoms with E-state index in [1.807, 2.05) is 31.2 Å². The molecule has 0 atom stereocenters. The summed E-state index contributed by atoms with van der Waals surface area (Å²) in [5.74, 6) is 0.649. The summed E-state index contributed by atoms with van der Waals surface area (Å²) in [7, 11) is 0. The molecular weight excluding hydrogens is 306 g/mol. The van der Waals surface area contributed by atoms with Crippen molar-refractivity contribution in [2.75, 3.05) is 0 Å². The quantitative estimate of drug-likeness (QED) is 0.491. The van der Waals surface area contributed by atoms with Crippen LogP contribution in [-0.4, -0.2) is 6.11 Å². The molecule has 0 aromatic heterocycles. The van der Waals surface area contributed by atoms with Gasteiger partial charge >= 0.3 is 6.11 Å². The average Bonchev–Trinajstić information content (AvgIpc) is 2.56. The Labute approximate surface area is 145 Å². The molecule has 0 radical (unpaired) electrons. The molecule has 0 aliphatic heterocycles. The van der Waals surface area contributed by atoms with Crippen LogP contribution < -0.4 is 0 Å². The average molecular weight is 336 g/mol. The Morgan fingerprint density at radius 3 is 2.29 bits per heavy atom. The van der Waals surface area contributed by atoms with Crippen molar-refractivity contribution in [3.05, 3.63) is 47.5 Å². The van der Waals surface area contributed by atoms with E-state index in [0.717, 1.165) is 44.1 Å². The van der Waals surface area contributed by atoms with Gasteiger partial charge in [0, 0.05) is 6.42 Å². The van der Waals surface area contributed by atoms with Crippen LogP contribution in [-0.2, 0) is 17.8 Å². The van der Waals surface area contributed by atoms with Crippen LogP contribution in [0.5, 0.6) is 0 Å². The molecule has 1 aliphatic rings. The van der Waals surface area contributed by atoms with Gasteiger partial charge in [0.25, 0.3) is 0 Å². The van der Waals surface area contributed by atoms with Crippen LogP contribution in [0.2, 0.25) is 0 Å². The summed E-state index contributed by atoms with van der Waals surface area (Å²) in [5, 5.41) is 0. The maximum atomic E-state index is 14.1. The van der Waals surface area contributed by atoms with E-state index in [2.05, 4.69) is 19.1 Å². The Balaban J connectivity index is 1.76. The standard InChI is InChI=1S/C21H30F2O/c1-3-5-17-7-11-19(12-8-17)15-21(22,23)24-16-20-13-9-18(6-4-2)10-14-20/h3,5,9-10,13-14,17,19H,4,6-8,11-12,15-16H2,1-2H3/b5-3+. The first kappa shape index (κ1) is 19.1. The van der Waals surface area contributed by atoms with Crippen molar-refractivity contribution in [2.45, 2.75) is 71.5 Å². The molecular formula is C21H30F2O. The normalized spacial score (nSPS) is 22.2. The number of halogens is 2. The SMILES string of the molecule is C/C=C/C1CCC(CC(F)(F)OCc2ccc(CCC)cc2)CC1. The van der Waals surface area contributed by atoms with Crippen molar-refractivity contribution in [3.8, 4) is 0 Å². The largest absolute Gasteiger partial charge is 0.356 e. The van der Waals surface area contributed by atoms with Gasteiger partial charge in [-0.05, 0) is 62.0 Å². The van der Waals surface area contributed by atoms with Crippen LogP contribution in [0.4, 0.5) is 8.78 Å². The summed E-state index contributed by atoms with van der Waals surface area (Å²) in [6.45, 7) is 4.12. The molecule has 0 heterocycles. The lowest BCUT2D eigenvalue weighted by molar-refractivity contribution is -0.256. The Bertz CT molecular complexity index is 499. The number of hydrogen-bond acceptors (Lipinski definition) is 1. The second kappa shape index (κ2) is 9.31. The Hall–Kier alpha value is -1.22. The van der Waals surface area contributed by atoms with Gasteiger partial charge in [-0.3, -0.25) is 0 Å². The molecule has 0 unspecified atom stereocenters. The highest BCUT2D eigenvalue weighted by atomic mass is 19.3. The molecule has 1 aromatic carbocycles. The van der Waals surface area contributed by atoms with Gasteiger partial charge in [0.1, 0.15) is 0 Å². The first-order valence-electron chi connectivity index (χ1n) is 9.25. The van der Waals surface area contributed by atoms with Crippen molar-refractivity contribution in [3.63, 3.8) is 0 Å². The van der Waals surface area contributed by atoms with Crippen LogP contribution in [0.25, 0.3) is 0 Å². The number of ether oxygens (including phenoxy) is 1. The maximum Gasteiger partial charge on any atom is 0.356 e. The van der Waals surface area contributed by atoms with Crippen molar-refractivity contribution in [1.82, 2.24) is 0 Å². The summed E-state index contributed by atoms with van der Waals surface area (Å²) < 4.78 is 33.2. The zero-order valence-electron chi connectivity index (χ0n) is 14.9. The molecule has 1 aromatic rings. The van der Waals surface area contributed by atoms with E-state index >= 15 is 0 Å². The Kier molecular flexibility index (Phi) is 7.41. The van der Waals surface area contributed by atoms with Gasteiger partial charge in [0.05, 0.1) is 6.61 Å². The third-order valence-corrected chi connectivity index (χ3v) is 4.89. The molecule has 0 N–H and O–H groups in total. The lowest BCUT2D eigenvalue weighted by atomic mass is 9.80. The molecule has 1 nitrogen and oxygen atoms in total. The molecule has 0 amide bonds. The first-order chi connectivity index (χ1) is 11.5. The molecule has 1 saturated carbocycles. The molecule has 2 rings (SSSR count). The van der Waals surface area contributed by atoms with Crippen molar-refractivity contribution in [1.29, 1.82) is 0 Å². The second-order valence-electron chi connectivity index (χ2n) is 7.00. The molecule has 0 saturated heterocycles. The summed E-state index contributed by atoms with van der Waals surface area (Å²) in [5.41, 5.74) is 2.05. The molecule has 0 spiro atoms. The number of allylic oxidation sites excluding steroid dienone is 2. The zero-order valence-corrected chi connectivity index (χ0v) is 14.9. The van der Waals surface area contributed by atoms with Gasteiger partial charge in [-0.1, -0.05) is 49.8 Å². The van der Waals surface area contributed by atoms with Crippen LogP contribution >= 0.6 is 0 Å². The number of alkyl halides is 2. The smallest absolute Gasteiger partial charge is 0.316 e. The number of hydrogen-bond donors (Lipinski definition) is 0. The minimum absolute atomic E-state index is 0.0205. The fourth-order valence-corrected chi connectivity index (χ4v) is 3.53. The maximum absolute atomic E-state index is 14.1. The minimum Gasteiger partial charge on any atom is -0.316 e. The topological polar surface area (TPSA) is 9.23 Å². The highest BCUT2D eigenvalue weighted by Crippen LogP contribution is 2.37. The molecule has 3 heteroatoms. The van der Waals surface area contributed by atoms with Crippen molar-refractivity contribution in [2.24, 2.45) is 11.8 Å². The van der Waals surface area contributed by atoms with Crippen LogP contribution in [0.1, 0.15) is 63.5 Å². The predicted octanol–water partition coefficient (Wildman–Crippen LogP) is 6.52. The van der Waals surface area contributed by atoms with E-state index < -0.39 is 6.11 Å². The van der Waals surface area contributed by atoms with Crippen LogP contribution in [0, 0.1) is 11.8 Å². The number of benzene rings is 1. The zero-order chi connectivity index (χ0) is 17.4. The van der Waals surface area contributed by atoms with Gasteiger partial charge in [0.15, 0.2) is 0 Å². The van der Waals surface area contributed by atoms with E-state index in [9.17, 15) is 8.78 Å². The van der Waals surface area contributed by atoms with Gasteiger partial charge < -0.3 is 4.74 Å². The molecule has 1 fully saturated rings. The third-order valence-electron chi connectivity index (χ3n) is 4.89. The summed E-state index contributed by atoms with van der Waals surface area (Å²) in [4.78, 5) is 0. The van der Waals surface area contributed by atoms with E-state index in [-0.39, 0.29) is 18.9 Å². The molecule has 24 heavy (non-hydrogen) atoms. The highest BCUT2D eigenvalue weighted by Gasteiger charge is 2.35. The van der Waals surface area contributed by atoms with E-state index in [1.165, 1.54) is 5.56 Å². The fraction of sp³-hybridized carbons (Fsp3) is 0.619. The molecule has 134 valence electrons. The third kappa shape index (κ3) is 6.35. The predicted molar refractivity (Wildman–Crippen MR) is 95.1 cm³/mol. The van der Waals surface area contributed by atoms with E-state index in [1.54, 1.807) is 0 Å². The lowest BCUT2D eigenvalue weighted by Crippen LogP contribution is -2.26. The van der Waals surface area contributed by atoms with Gasteiger partial charge in [0.2, 0.25) is 0 Å². The summed E-state index contributed by atoms with van der Waals surface area (Å²) in [6.07, 6.45) is 6.98. The van der Waals surface area contributed by atoms with Crippen LogP contribution in [0.3, 0.4) is 0 Å². The van der Waals surface area contributed by atoms with E-state index in [0.29, 0.717) is 5.92 Å². The molecule has 1 aliphatic carbocycles. The monoisotopic (exact) mass is 336 g/mol. The van der Waals surface area contributed by atoms with Crippen molar-refractivity contribution < 1.29 is 13.5 Å². The summed E-state index contributed by atoms with van der Waals surface area (Å²) in [6, 6.07) is 7.79. The van der Waals surface area contributed by atoms with E-state index in [4.69, 9.17) is 4.74 Å². The van der Waals surface area contributed by atoms with Gasteiger partial charge in [-0.15, -0.1) is 0 Å². The number of rotatable bonds is 8. The van der Waals surface area contributed by atoms with Crippen molar-refractivity contribution >= 4 is 0 Å². The number of aryl methyl sites for hydroxylation is 1. The van der Waals surface area contributed by atoms with Gasteiger partial charge in [-0.25, -0.2) is 0 Å². The highest BCUT2D eigenvalue weighted by molar-refractivity contribution is 5.22. The Morgan fingerprint density at radius 1 is 1.08 bits per heavy atom. The van der Waals surface area contributed by atoms with Gasteiger partial charge in [-0.2, -0.15) is 8.78 Å². The Morgan fingerprint density at radius 2 is 1.71 bits per heavy atom. The molecule has 0 bridgehead atoms. The fourth-order valence-electron chi connectivity index (χ4n) is 3.53. The van der Waals surface area contributed by atoms with Crippen LogP contribution in [0.15, 0.2) is 36.4 Å². The lowest BCUT2D eigenvalue weighted by Gasteiger charge is -2.29. The minimum atomic E-state index is -3.03. The summed E-state index contributed by atoms with van der Waals surface area (Å²) >= 11 is 0. The first-order valence-corrected chi connectivity index (χ1v) is 9.25.